The van der Waals surface area contributed by atoms with Crippen molar-refractivity contribution in [1.82, 2.24) is 0 Å². The predicted molar refractivity (Wildman–Crippen MR) is 240 cm³/mol. The molecular formula is C55H39NO. The molecule has 270 valence electrons. The van der Waals surface area contributed by atoms with Crippen molar-refractivity contribution in [1.29, 1.82) is 0 Å². The van der Waals surface area contributed by atoms with Crippen LogP contribution in [0.25, 0.3) is 77.6 Å². The molecule has 0 saturated heterocycles. The number of fused-ring (bicyclic) bond motifs is 2. The van der Waals surface area contributed by atoms with E-state index in [0.29, 0.717) is 0 Å². The normalized spacial score (nSPS) is 11.2. The fraction of sp³-hybridized carbons (Fsp3) is 0.0182. The summed E-state index contributed by atoms with van der Waals surface area (Å²) in [6, 6.07) is 78.1. The molecule has 9 aromatic carbocycles. The molecule has 0 aliphatic carbocycles. The third-order valence-corrected chi connectivity index (χ3v) is 11.1. The summed E-state index contributed by atoms with van der Waals surface area (Å²) in [5.74, 6) is 0.919. The SMILES string of the molecule is Cc1c(-c2cccc(-c3ccc(N(c4ccc(-c5ccccc5-c5ccccc5)cc4)c4ccc(-c5cccc6ccccc56)cc4)cc3)c2)oc2ccccc12. The molecule has 0 fully saturated rings. The van der Waals surface area contributed by atoms with Crippen LogP contribution in [0, 0.1) is 6.92 Å². The highest BCUT2D eigenvalue weighted by molar-refractivity contribution is 5.97. The van der Waals surface area contributed by atoms with Crippen molar-refractivity contribution in [3.63, 3.8) is 0 Å². The van der Waals surface area contributed by atoms with Crippen molar-refractivity contribution in [3.8, 4) is 55.8 Å². The summed E-state index contributed by atoms with van der Waals surface area (Å²) in [5.41, 5.74) is 16.0. The van der Waals surface area contributed by atoms with E-state index in [1.165, 1.54) is 44.2 Å². The summed E-state index contributed by atoms with van der Waals surface area (Å²) in [5, 5.41) is 3.65. The maximum atomic E-state index is 6.34. The van der Waals surface area contributed by atoms with E-state index >= 15 is 0 Å². The van der Waals surface area contributed by atoms with Gasteiger partial charge in [-0.25, -0.2) is 0 Å². The molecule has 0 saturated carbocycles. The van der Waals surface area contributed by atoms with Crippen LogP contribution in [0.1, 0.15) is 5.56 Å². The second kappa shape index (κ2) is 14.7. The second-order valence-corrected chi connectivity index (χ2v) is 14.5. The Morgan fingerprint density at radius 1 is 0.333 bits per heavy atom. The van der Waals surface area contributed by atoms with Gasteiger partial charge in [-0.2, -0.15) is 0 Å². The standard InChI is InChI=1S/C55H39NO/c1-38-49-19-9-10-24-54(49)57-55(38)45-18-11-17-44(37-45)39-25-31-46(32-26-39)56(48-35-29-43(30-36-48)53-23-12-16-41-15-5-6-20-51(41)53)47-33-27-42(28-34-47)52-22-8-7-21-50(52)40-13-3-2-4-14-40/h2-37H,1H3. The molecule has 2 heteroatoms. The lowest BCUT2D eigenvalue weighted by Gasteiger charge is -2.26. The Morgan fingerprint density at radius 2 is 0.789 bits per heavy atom. The number of nitrogens with zero attached hydrogens (tertiary/aromatic N) is 1. The third-order valence-electron chi connectivity index (χ3n) is 11.1. The summed E-state index contributed by atoms with van der Waals surface area (Å²) in [4.78, 5) is 2.34. The van der Waals surface area contributed by atoms with Gasteiger partial charge in [0.15, 0.2) is 0 Å². The number of aryl methyl sites for hydroxylation is 1. The Bertz CT molecular complexity index is 2990. The van der Waals surface area contributed by atoms with Crippen LogP contribution in [-0.2, 0) is 0 Å². The zero-order chi connectivity index (χ0) is 38.1. The van der Waals surface area contributed by atoms with Gasteiger partial charge in [0, 0.05) is 33.6 Å². The molecule has 1 aromatic heterocycles. The molecule has 57 heavy (non-hydrogen) atoms. The highest BCUT2D eigenvalue weighted by atomic mass is 16.3. The maximum Gasteiger partial charge on any atom is 0.138 e. The van der Waals surface area contributed by atoms with Crippen LogP contribution < -0.4 is 4.90 Å². The van der Waals surface area contributed by atoms with E-state index in [2.05, 4.69) is 218 Å². The molecule has 1 heterocycles. The highest BCUT2D eigenvalue weighted by Gasteiger charge is 2.17. The highest BCUT2D eigenvalue weighted by Crippen LogP contribution is 2.40. The van der Waals surface area contributed by atoms with Gasteiger partial charge in [-0.05, 0) is 111 Å². The fourth-order valence-corrected chi connectivity index (χ4v) is 8.20. The van der Waals surface area contributed by atoms with Crippen molar-refractivity contribution < 1.29 is 4.42 Å². The van der Waals surface area contributed by atoms with E-state index < -0.39 is 0 Å². The van der Waals surface area contributed by atoms with E-state index in [-0.39, 0.29) is 0 Å². The zero-order valence-corrected chi connectivity index (χ0v) is 31.6. The van der Waals surface area contributed by atoms with Crippen LogP contribution in [0.5, 0.6) is 0 Å². The topological polar surface area (TPSA) is 16.4 Å². The van der Waals surface area contributed by atoms with Gasteiger partial charge in [-0.1, -0.05) is 170 Å². The molecule has 0 aliphatic rings. The molecule has 0 bridgehead atoms. The largest absolute Gasteiger partial charge is 0.456 e. The zero-order valence-electron chi connectivity index (χ0n) is 31.6. The van der Waals surface area contributed by atoms with E-state index in [0.717, 1.165) is 56.0 Å². The summed E-state index contributed by atoms with van der Waals surface area (Å²) in [6.45, 7) is 2.14. The van der Waals surface area contributed by atoms with E-state index in [4.69, 9.17) is 4.42 Å². The van der Waals surface area contributed by atoms with Crippen LogP contribution in [0.2, 0.25) is 0 Å². The van der Waals surface area contributed by atoms with E-state index in [9.17, 15) is 0 Å². The van der Waals surface area contributed by atoms with Gasteiger partial charge < -0.3 is 9.32 Å². The van der Waals surface area contributed by atoms with Crippen LogP contribution in [-0.4, -0.2) is 0 Å². The Morgan fingerprint density at radius 3 is 1.46 bits per heavy atom. The first kappa shape index (κ1) is 34.1. The minimum atomic E-state index is 0.915. The van der Waals surface area contributed by atoms with Gasteiger partial charge in [0.25, 0.3) is 0 Å². The lowest BCUT2D eigenvalue weighted by molar-refractivity contribution is 0.629. The van der Waals surface area contributed by atoms with Crippen molar-refractivity contribution >= 4 is 38.8 Å². The predicted octanol–water partition coefficient (Wildman–Crippen LogP) is 15.7. The van der Waals surface area contributed by atoms with Gasteiger partial charge in [0.2, 0.25) is 0 Å². The molecule has 2 nitrogen and oxygen atoms in total. The van der Waals surface area contributed by atoms with Crippen molar-refractivity contribution in [2.75, 3.05) is 4.90 Å². The molecule has 0 unspecified atom stereocenters. The Balaban J connectivity index is 1.02. The first-order valence-corrected chi connectivity index (χ1v) is 19.5. The minimum absolute atomic E-state index is 0.915. The number of benzene rings is 9. The maximum absolute atomic E-state index is 6.34. The smallest absolute Gasteiger partial charge is 0.138 e. The monoisotopic (exact) mass is 729 g/mol. The van der Waals surface area contributed by atoms with Crippen molar-refractivity contribution in [2.24, 2.45) is 0 Å². The van der Waals surface area contributed by atoms with Gasteiger partial charge >= 0.3 is 0 Å². The van der Waals surface area contributed by atoms with Crippen LogP contribution in [0.3, 0.4) is 0 Å². The summed E-state index contributed by atoms with van der Waals surface area (Å²) < 4.78 is 6.34. The Labute approximate surface area is 333 Å². The van der Waals surface area contributed by atoms with Crippen molar-refractivity contribution in [2.45, 2.75) is 6.92 Å². The molecule has 0 amide bonds. The number of para-hydroxylation sites is 1. The van der Waals surface area contributed by atoms with Gasteiger partial charge in [0.05, 0.1) is 0 Å². The number of anilines is 3. The summed E-state index contributed by atoms with van der Waals surface area (Å²) >= 11 is 0. The van der Waals surface area contributed by atoms with Crippen LogP contribution in [0.4, 0.5) is 17.1 Å². The second-order valence-electron chi connectivity index (χ2n) is 14.5. The number of furan rings is 1. The molecule has 0 atom stereocenters. The van der Waals surface area contributed by atoms with Crippen LogP contribution in [0.15, 0.2) is 223 Å². The first-order chi connectivity index (χ1) is 28.2. The van der Waals surface area contributed by atoms with E-state index in [1.807, 2.05) is 12.1 Å². The fourth-order valence-electron chi connectivity index (χ4n) is 8.20. The Kier molecular flexibility index (Phi) is 8.78. The minimum Gasteiger partial charge on any atom is -0.456 e. The first-order valence-electron chi connectivity index (χ1n) is 19.5. The molecule has 10 rings (SSSR count). The number of hydrogen-bond donors (Lipinski definition) is 0. The molecular weight excluding hydrogens is 691 g/mol. The van der Waals surface area contributed by atoms with Gasteiger partial charge in [0.1, 0.15) is 11.3 Å². The number of hydrogen-bond acceptors (Lipinski definition) is 2. The van der Waals surface area contributed by atoms with Crippen LogP contribution >= 0.6 is 0 Å². The lowest BCUT2D eigenvalue weighted by atomic mass is 9.94. The van der Waals surface area contributed by atoms with Crippen molar-refractivity contribution in [3.05, 3.63) is 224 Å². The average Bonchev–Trinajstić information content (AvgIpc) is 3.63. The third kappa shape index (κ3) is 6.48. The molecule has 0 radical (unpaired) electrons. The molecule has 0 spiro atoms. The summed E-state index contributed by atoms with van der Waals surface area (Å²) in [6.07, 6.45) is 0. The summed E-state index contributed by atoms with van der Waals surface area (Å²) in [7, 11) is 0. The Hall–Kier alpha value is -7.42. The molecule has 0 aliphatic heterocycles. The van der Waals surface area contributed by atoms with Gasteiger partial charge in [-0.3, -0.25) is 0 Å². The molecule has 10 aromatic rings. The van der Waals surface area contributed by atoms with Gasteiger partial charge in [-0.15, -0.1) is 0 Å². The quantitative estimate of drug-likeness (QED) is 0.155. The average molecular weight is 730 g/mol. The van der Waals surface area contributed by atoms with E-state index in [1.54, 1.807) is 0 Å². The lowest BCUT2D eigenvalue weighted by Crippen LogP contribution is -2.09. The number of rotatable bonds is 8. The molecule has 0 N–H and O–H groups in total.